The molecule has 0 saturated heterocycles. The number of hydrogen-bond donors (Lipinski definition) is 1. The van der Waals surface area contributed by atoms with Crippen molar-refractivity contribution < 1.29 is 14.1 Å². The Morgan fingerprint density at radius 2 is 2.42 bits per heavy atom. The lowest BCUT2D eigenvalue weighted by molar-refractivity contribution is 0.243. The largest absolute Gasteiger partial charge is 0.491 e. The van der Waals surface area contributed by atoms with Gasteiger partial charge in [0.05, 0.1) is 6.54 Å². The van der Waals surface area contributed by atoms with E-state index < -0.39 is 0 Å². The molecule has 0 spiro atoms. The van der Waals surface area contributed by atoms with E-state index in [1.165, 1.54) is 0 Å². The molecule has 0 unspecified atom stereocenters. The molecule has 6 heteroatoms. The average Bonchev–Trinajstić information content (AvgIpc) is 2.75. The van der Waals surface area contributed by atoms with Crippen LogP contribution < -0.4 is 15.0 Å². The van der Waals surface area contributed by atoms with Gasteiger partial charge in [-0.05, 0) is 18.6 Å². The molecule has 19 heavy (non-hydrogen) atoms. The van der Waals surface area contributed by atoms with Crippen molar-refractivity contribution in [1.82, 2.24) is 10.5 Å². The summed E-state index contributed by atoms with van der Waals surface area (Å²) < 4.78 is 10.9. The minimum absolute atomic E-state index is 0.169. The molecule has 1 aromatic heterocycles. The molecule has 0 bridgehead atoms. The van der Waals surface area contributed by atoms with Gasteiger partial charge < -0.3 is 14.6 Å². The summed E-state index contributed by atoms with van der Waals surface area (Å²) in [5, 5.41) is 7.61. The molecule has 6 nitrogen and oxygen atoms in total. The predicted molar refractivity (Wildman–Crippen MR) is 70.5 cm³/mol. The lowest BCUT2D eigenvalue weighted by Crippen LogP contribution is -2.42. The minimum atomic E-state index is -0.169. The van der Waals surface area contributed by atoms with Crippen molar-refractivity contribution in [2.24, 2.45) is 0 Å². The van der Waals surface area contributed by atoms with E-state index in [1.54, 1.807) is 4.90 Å². The van der Waals surface area contributed by atoms with Crippen LogP contribution in [0, 0.1) is 0 Å². The first-order valence-electron chi connectivity index (χ1n) is 6.38. The highest BCUT2D eigenvalue weighted by Crippen LogP contribution is 2.35. The van der Waals surface area contributed by atoms with E-state index in [1.807, 2.05) is 25.1 Å². The number of nitrogens with zero attached hydrogens (tertiary/aromatic N) is 2. The standard InChI is InChI=1S/C13H15N3O3/c1-2-6-14-13(17)16-7-8-18-9-4-3-5-10-11(9)12(16)15-19-10/h3-5H,2,6-8H2,1H3,(H,14,17). The number of hydrogen-bond acceptors (Lipinski definition) is 4. The molecule has 0 saturated carbocycles. The van der Waals surface area contributed by atoms with Crippen molar-refractivity contribution in [1.29, 1.82) is 0 Å². The van der Waals surface area contributed by atoms with Crippen LogP contribution in [0.5, 0.6) is 5.75 Å². The van der Waals surface area contributed by atoms with Crippen molar-refractivity contribution in [3.8, 4) is 5.75 Å². The Labute approximate surface area is 110 Å². The van der Waals surface area contributed by atoms with Crippen LogP contribution >= 0.6 is 0 Å². The molecule has 1 aliphatic rings. The number of carbonyl (C=O) groups is 1. The summed E-state index contributed by atoms with van der Waals surface area (Å²) in [5.41, 5.74) is 0.627. The van der Waals surface area contributed by atoms with E-state index in [0.717, 1.165) is 11.8 Å². The Bertz CT molecular complexity index is 608. The number of anilines is 1. The van der Waals surface area contributed by atoms with E-state index >= 15 is 0 Å². The number of amides is 2. The molecule has 2 aromatic rings. The van der Waals surface area contributed by atoms with Crippen molar-refractivity contribution in [2.45, 2.75) is 13.3 Å². The highest BCUT2D eigenvalue weighted by molar-refractivity contribution is 6.03. The fourth-order valence-electron chi connectivity index (χ4n) is 2.13. The average molecular weight is 261 g/mol. The van der Waals surface area contributed by atoms with Crippen molar-refractivity contribution in [3.05, 3.63) is 18.2 Å². The lowest BCUT2D eigenvalue weighted by atomic mass is 10.2. The molecule has 1 aliphatic heterocycles. The Morgan fingerprint density at radius 1 is 1.53 bits per heavy atom. The van der Waals surface area contributed by atoms with Crippen LogP contribution in [0.3, 0.4) is 0 Å². The molecule has 0 fully saturated rings. The summed E-state index contributed by atoms with van der Waals surface area (Å²) in [6.07, 6.45) is 0.890. The summed E-state index contributed by atoms with van der Waals surface area (Å²) >= 11 is 0. The Balaban J connectivity index is 2.01. The topological polar surface area (TPSA) is 67.6 Å². The van der Waals surface area contributed by atoms with Gasteiger partial charge >= 0.3 is 6.03 Å². The van der Waals surface area contributed by atoms with Crippen LogP contribution in [0.1, 0.15) is 13.3 Å². The Morgan fingerprint density at radius 3 is 3.26 bits per heavy atom. The first-order chi connectivity index (χ1) is 9.31. The zero-order valence-electron chi connectivity index (χ0n) is 10.7. The molecular weight excluding hydrogens is 246 g/mol. The van der Waals surface area contributed by atoms with E-state index in [-0.39, 0.29) is 6.03 Å². The maximum atomic E-state index is 12.1. The number of benzene rings is 1. The fraction of sp³-hybridized carbons (Fsp3) is 0.385. The smallest absolute Gasteiger partial charge is 0.323 e. The lowest BCUT2D eigenvalue weighted by Gasteiger charge is -2.18. The second-order valence-electron chi connectivity index (χ2n) is 4.37. The zero-order valence-corrected chi connectivity index (χ0v) is 10.7. The van der Waals surface area contributed by atoms with Gasteiger partial charge in [0.15, 0.2) is 11.4 Å². The molecule has 0 aliphatic carbocycles. The number of carbonyl (C=O) groups excluding carboxylic acids is 1. The number of ether oxygens (including phenoxy) is 1. The van der Waals surface area contributed by atoms with Gasteiger partial charge in [0.25, 0.3) is 0 Å². The third kappa shape index (κ3) is 1.99. The monoisotopic (exact) mass is 261 g/mol. The van der Waals surface area contributed by atoms with Crippen LogP contribution in [0.4, 0.5) is 10.6 Å². The van der Waals surface area contributed by atoms with Crippen LogP contribution in [0.25, 0.3) is 11.0 Å². The molecule has 1 N–H and O–H groups in total. The third-order valence-corrected chi connectivity index (χ3v) is 3.04. The first-order valence-corrected chi connectivity index (χ1v) is 6.38. The van der Waals surface area contributed by atoms with Gasteiger partial charge in [-0.1, -0.05) is 18.1 Å². The predicted octanol–water partition coefficient (Wildman–Crippen LogP) is 2.15. The normalized spacial score (nSPS) is 14.1. The Hall–Kier alpha value is -2.24. The number of urea groups is 1. The van der Waals surface area contributed by atoms with Gasteiger partial charge in [-0.3, -0.25) is 4.90 Å². The van der Waals surface area contributed by atoms with Crippen LogP contribution in [0.2, 0.25) is 0 Å². The van der Waals surface area contributed by atoms with Gasteiger partial charge in [0.1, 0.15) is 17.7 Å². The second-order valence-corrected chi connectivity index (χ2v) is 4.37. The van der Waals surface area contributed by atoms with Crippen LogP contribution in [-0.2, 0) is 0 Å². The third-order valence-electron chi connectivity index (χ3n) is 3.04. The highest BCUT2D eigenvalue weighted by Gasteiger charge is 2.26. The maximum Gasteiger partial charge on any atom is 0.323 e. The van der Waals surface area contributed by atoms with Crippen molar-refractivity contribution in [2.75, 3.05) is 24.6 Å². The van der Waals surface area contributed by atoms with Crippen molar-refractivity contribution >= 4 is 22.8 Å². The SMILES string of the molecule is CCCNC(=O)N1CCOc2cccc3onc1c23. The summed E-state index contributed by atoms with van der Waals surface area (Å²) in [5.74, 6) is 1.23. The molecule has 1 aromatic carbocycles. The molecule has 2 heterocycles. The molecular formula is C13H15N3O3. The van der Waals surface area contributed by atoms with Gasteiger partial charge in [0, 0.05) is 6.54 Å². The number of nitrogens with one attached hydrogen (secondary N) is 1. The van der Waals surface area contributed by atoms with Crippen LogP contribution in [0.15, 0.2) is 22.7 Å². The summed E-state index contributed by atoms with van der Waals surface area (Å²) in [7, 11) is 0. The van der Waals surface area contributed by atoms with Crippen molar-refractivity contribution in [3.63, 3.8) is 0 Å². The molecule has 0 atom stereocenters. The fourth-order valence-corrected chi connectivity index (χ4v) is 2.13. The summed E-state index contributed by atoms with van der Waals surface area (Å²) in [4.78, 5) is 13.7. The molecule has 3 rings (SSSR count). The summed E-state index contributed by atoms with van der Waals surface area (Å²) in [6.45, 7) is 3.54. The van der Waals surface area contributed by atoms with E-state index in [2.05, 4.69) is 10.5 Å². The number of aromatic nitrogens is 1. The van der Waals surface area contributed by atoms with Gasteiger partial charge in [-0.25, -0.2) is 4.79 Å². The number of rotatable bonds is 2. The van der Waals surface area contributed by atoms with Crippen LogP contribution in [-0.4, -0.2) is 30.9 Å². The highest BCUT2D eigenvalue weighted by atomic mass is 16.5. The van der Waals surface area contributed by atoms with Gasteiger partial charge in [-0.15, -0.1) is 0 Å². The van der Waals surface area contributed by atoms with Gasteiger partial charge in [-0.2, -0.15) is 0 Å². The second kappa shape index (κ2) is 4.79. The van der Waals surface area contributed by atoms with Gasteiger partial charge in [0.2, 0.25) is 0 Å². The first kappa shape index (κ1) is 11.8. The molecule has 2 amide bonds. The van der Waals surface area contributed by atoms with E-state index in [4.69, 9.17) is 9.26 Å². The minimum Gasteiger partial charge on any atom is -0.491 e. The zero-order chi connectivity index (χ0) is 13.2. The quantitative estimate of drug-likeness (QED) is 0.899. The van der Waals surface area contributed by atoms with E-state index in [0.29, 0.717) is 36.8 Å². The maximum absolute atomic E-state index is 12.1. The van der Waals surface area contributed by atoms with E-state index in [9.17, 15) is 4.79 Å². The molecule has 100 valence electrons. The summed E-state index contributed by atoms with van der Waals surface area (Å²) in [6, 6.07) is 5.35. The Kier molecular flexibility index (Phi) is 2.98. The molecule has 0 radical (unpaired) electrons.